The second-order valence-corrected chi connectivity index (χ2v) is 6.47. The number of hydrogen-bond donors (Lipinski definition) is 2. The van der Waals surface area contributed by atoms with Crippen LogP contribution in [0.25, 0.3) is 10.9 Å². The third-order valence-electron chi connectivity index (χ3n) is 4.93. The molecule has 0 spiro atoms. The van der Waals surface area contributed by atoms with Crippen LogP contribution in [0.3, 0.4) is 0 Å². The van der Waals surface area contributed by atoms with Crippen LogP contribution in [0.15, 0.2) is 24.4 Å². The Balaban J connectivity index is 1.59. The van der Waals surface area contributed by atoms with E-state index in [1.165, 1.54) is 5.56 Å². The zero-order valence-electron chi connectivity index (χ0n) is 13.9. The molecule has 6 heteroatoms. The van der Waals surface area contributed by atoms with Gasteiger partial charge in [0.05, 0.1) is 24.3 Å². The van der Waals surface area contributed by atoms with Gasteiger partial charge in [-0.15, -0.1) is 0 Å². The first-order valence-corrected chi connectivity index (χ1v) is 8.72. The van der Waals surface area contributed by atoms with Crippen molar-refractivity contribution in [3.8, 4) is 0 Å². The molecular weight excluding hydrogens is 304 g/mol. The van der Waals surface area contributed by atoms with E-state index in [0.717, 1.165) is 75.5 Å². The number of hydrogen-bond acceptors (Lipinski definition) is 4. The molecular formula is C18H24N4O2. The Kier molecular flexibility index (Phi) is 4.51. The summed E-state index contributed by atoms with van der Waals surface area (Å²) >= 11 is 0. The molecule has 0 saturated carbocycles. The molecule has 1 aromatic heterocycles. The Bertz CT molecular complexity index is 715. The van der Waals surface area contributed by atoms with E-state index in [-0.39, 0.29) is 5.91 Å². The van der Waals surface area contributed by atoms with Gasteiger partial charge in [-0.1, -0.05) is 12.1 Å². The van der Waals surface area contributed by atoms with E-state index in [4.69, 9.17) is 4.74 Å². The molecule has 2 aromatic rings. The fraction of sp³-hybridized carbons (Fsp3) is 0.500. The van der Waals surface area contributed by atoms with Crippen LogP contribution in [0.4, 0.5) is 0 Å². The van der Waals surface area contributed by atoms with Crippen molar-refractivity contribution in [2.24, 2.45) is 0 Å². The van der Waals surface area contributed by atoms with Gasteiger partial charge < -0.3 is 19.9 Å². The zero-order chi connectivity index (χ0) is 16.4. The van der Waals surface area contributed by atoms with Gasteiger partial charge in [-0.2, -0.15) is 0 Å². The number of carbonyl (C=O) groups is 1. The summed E-state index contributed by atoms with van der Waals surface area (Å²) in [5, 5.41) is 4.45. The highest BCUT2D eigenvalue weighted by Gasteiger charge is 2.21. The van der Waals surface area contributed by atoms with Gasteiger partial charge in [0.25, 0.3) is 5.91 Å². The number of H-pyrrole nitrogens is 1. The zero-order valence-corrected chi connectivity index (χ0v) is 13.9. The highest BCUT2D eigenvalue weighted by Crippen LogP contribution is 2.24. The molecule has 24 heavy (non-hydrogen) atoms. The number of fused-ring (bicyclic) bond motifs is 1. The first-order chi connectivity index (χ1) is 11.8. The van der Waals surface area contributed by atoms with Crippen LogP contribution in [0.2, 0.25) is 0 Å². The second kappa shape index (κ2) is 6.93. The first-order valence-electron chi connectivity index (χ1n) is 8.72. The fourth-order valence-corrected chi connectivity index (χ4v) is 3.56. The lowest BCUT2D eigenvalue weighted by Gasteiger charge is -2.27. The van der Waals surface area contributed by atoms with Gasteiger partial charge in [-0.3, -0.25) is 9.69 Å². The quantitative estimate of drug-likeness (QED) is 0.884. The summed E-state index contributed by atoms with van der Waals surface area (Å²) in [6.07, 6.45) is 2.05. The molecule has 0 unspecified atom stereocenters. The van der Waals surface area contributed by atoms with E-state index in [1.807, 2.05) is 17.0 Å². The highest BCUT2D eigenvalue weighted by atomic mass is 16.5. The predicted octanol–water partition coefficient (Wildman–Crippen LogP) is 1.05. The van der Waals surface area contributed by atoms with Crippen molar-refractivity contribution in [1.29, 1.82) is 0 Å². The summed E-state index contributed by atoms with van der Waals surface area (Å²) in [4.78, 5) is 20.5. The lowest BCUT2D eigenvalue weighted by molar-refractivity contribution is 0.0343. The second-order valence-electron chi connectivity index (χ2n) is 6.47. The van der Waals surface area contributed by atoms with Crippen molar-refractivity contribution < 1.29 is 9.53 Å². The number of rotatable bonds is 3. The van der Waals surface area contributed by atoms with Crippen molar-refractivity contribution in [2.75, 3.05) is 52.5 Å². The summed E-state index contributed by atoms with van der Waals surface area (Å²) in [5.41, 5.74) is 2.99. The van der Waals surface area contributed by atoms with Gasteiger partial charge in [0.15, 0.2) is 0 Å². The van der Waals surface area contributed by atoms with Gasteiger partial charge in [-0.25, -0.2) is 0 Å². The predicted molar refractivity (Wildman–Crippen MR) is 93.2 cm³/mol. The molecule has 2 saturated heterocycles. The summed E-state index contributed by atoms with van der Waals surface area (Å²) in [6, 6.07) is 6.03. The van der Waals surface area contributed by atoms with E-state index >= 15 is 0 Å². The van der Waals surface area contributed by atoms with Crippen molar-refractivity contribution in [2.45, 2.75) is 6.54 Å². The summed E-state index contributed by atoms with van der Waals surface area (Å²) in [7, 11) is 0. The van der Waals surface area contributed by atoms with Crippen molar-refractivity contribution in [3.63, 3.8) is 0 Å². The average Bonchev–Trinajstić information content (AvgIpc) is 3.06. The maximum absolute atomic E-state index is 12.9. The number of benzene rings is 1. The molecule has 4 rings (SSSR count). The van der Waals surface area contributed by atoms with Crippen LogP contribution in [0, 0.1) is 0 Å². The number of ether oxygens (including phenoxy) is 1. The van der Waals surface area contributed by atoms with Gasteiger partial charge in [0.1, 0.15) is 0 Å². The van der Waals surface area contributed by atoms with Crippen LogP contribution < -0.4 is 5.32 Å². The van der Waals surface area contributed by atoms with Crippen LogP contribution in [0.1, 0.15) is 15.9 Å². The number of aromatic nitrogens is 1. The van der Waals surface area contributed by atoms with E-state index in [9.17, 15) is 4.79 Å². The van der Waals surface area contributed by atoms with Gasteiger partial charge in [0, 0.05) is 57.4 Å². The van der Waals surface area contributed by atoms with Crippen LogP contribution in [-0.4, -0.2) is 73.2 Å². The molecule has 2 aliphatic rings. The summed E-state index contributed by atoms with van der Waals surface area (Å²) in [6.45, 7) is 7.72. The topological polar surface area (TPSA) is 60.6 Å². The Morgan fingerprint density at radius 3 is 2.71 bits per heavy atom. The third-order valence-corrected chi connectivity index (χ3v) is 4.93. The Hall–Kier alpha value is -1.89. The first kappa shape index (κ1) is 15.6. The van der Waals surface area contributed by atoms with Crippen molar-refractivity contribution >= 4 is 16.8 Å². The van der Waals surface area contributed by atoms with Gasteiger partial charge >= 0.3 is 0 Å². The molecule has 0 radical (unpaired) electrons. The maximum Gasteiger partial charge on any atom is 0.256 e. The molecule has 0 atom stereocenters. The van der Waals surface area contributed by atoms with Crippen molar-refractivity contribution in [3.05, 3.63) is 35.5 Å². The summed E-state index contributed by atoms with van der Waals surface area (Å²) in [5.74, 6) is 0.127. The molecule has 128 valence electrons. The van der Waals surface area contributed by atoms with E-state index < -0.39 is 0 Å². The highest BCUT2D eigenvalue weighted by molar-refractivity contribution is 6.06. The maximum atomic E-state index is 12.9. The molecule has 1 amide bonds. The molecule has 2 aliphatic heterocycles. The van der Waals surface area contributed by atoms with Gasteiger partial charge in [0.2, 0.25) is 0 Å². The Labute approximate surface area is 141 Å². The molecule has 2 N–H and O–H groups in total. The van der Waals surface area contributed by atoms with E-state index in [1.54, 1.807) is 0 Å². The SMILES string of the molecule is O=C(c1cccc2c(CN3CCOCC3)c[nH]c12)N1CCNCC1. The van der Waals surface area contributed by atoms with Gasteiger partial charge in [-0.05, 0) is 11.6 Å². The third kappa shape index (κ3) is 3.05. The number of para-hydroxylation sites is 1. The molecule has 1 aromatic carbocycles. The minimum Gasteiger partial charge on any atom is -0.379 e. The van der Waals surface area contributed by atoms with Crippen molar-refractivity contribution in [1.82, 2.24) is 20.1 Å². The Morgan fingerprint density at radius 2 is 1.92 bits per heavy atom. The smallest absolute Gasteiger partial charge is 0.256 e. The number of amides is 1. The van der Waals surface area contributed by atoms with E-state index in [2.05, 4.69) is 27.5 Å². The average molecular weight is 328 g/mol. The summed E-state index contributed by atoms with van der Waals surface area (Å²) < 4.78 is 5.42. The minimum absolute atomic E-state index is 0.127. The number of nitrogens with zero attached hydrogens (tertiary/aromatic N) is 2. The number of nitrogens with one attached hydrogen (secondary N) is 2. The lowest BCUT2D eigenvalue weighted by atomic mass is 10.1. The Morgan fingerprint density at radius 1 is 1.12 bits per heavy atom. The normalized spacial score (nSPS) is 19.8. The lowest BCUT2D eigenvalue weighted by Crippen LogP contribution is -2.46. The molecule has 2 fully saturated rings. The monoisotopic (exact) mass is 328 g/mol. The number of carbonyl (C=O) groups excluding carboxylic acids is 1. The largest absolute Gasteiger partial charge is 0.379 e. The standard InChI is InChI=1S/C18H24N4O2/c23-18(22-6-4-19-5-7-22)16-3-1-2-15-14(12-20-17(15)16)13-21-8-10-24-11-9-21/h1-3,12,19-20H,4-11,13H2. The number of piperazine rings is 1. The molecule has 3 heterocycles. The number of aromatic amines is 1. The fourth-order valence-electron chi connectivity index (χ4n) is 3.56. The number of morpholine rings is 1. The molecule has 0 bridgehead atoms. The van der Waals surface area contributed by atoms with Crippen LogP contribution >= 0.6 is 0 Å². The molecule has 6 nitrogen and oxygen atoms in total. The van der Waals surface area contributed by atoms with E-state index in [0.29, 0.717) is 0 Å². The molecule has 0 aliphatic carbocycles. The minimum atomic E-state index is 0.127. The van der Waals surface area contributed by atoms with Crippen LogP contribution in [0.5, 0.6) is 0 Å². The van der Waals surface area contributed by atoms with Crippen LogP contribution in [-0.2, 0) is 11.3 Å².